The lowest BCUT2D eigenvalue weighted by Gasteiger charge is -1.98. The van der Waals surface area contributed by atoms with Crippen molar-refractivity contribution in [1.29, 1.82) is 0 Å². The SMILES string of the molecule is CC(C)C1=NC(=O)OC1. The quantitative estimate of drug-likeness (QED) is 0.531. The Hall–Kier alpha value is -0.860. The fourth-order valence-electron chi connectivity index (χ4n) is 0.613. The predicted molar refractivity (Wildman–Crippen MR) is 33.6 cm³/mol. The van der Waals surface area contributed by atoms with E-state index in [0.717, 1.165) is 5.71 Å². The maximum Gasteiger partial charge on any atom is 0.434 e. The number of hydrogen-bond acceptors (Lipinski definition) is 2. The standard InChI is InChI=1S/C6H9NO2/c1-4(2)5-3-9-6(8)7-5/h4H,3H2,1-2H3. The van der Waals surface area contributed by atoms with E-state index in [1.807, 2.05) is 13.8 Å². The van der Waals surface area contributed by atoms with Gasteiger partial charge < -0.3 is 4.74 Å². The second-order valence-electron chi connectivity index (χ2n) is 2.31. The van der Waals surface area contributed by atoms with Gasteiger partial charge in [0.1, 0.15) is 6.61 Å². The van der Waals surface area contributed by atoms with Crippen molar-refractivity contribution >= 4 is 11.8 Å². The molecule has 50 valence electrons. The molecular formula is C6H9NO2. The molecule has 0 radical (unpaired) electrons. The number of cyclic esters (lactones) is 1. The molecule has 3 heteroatoms. The molecule has 0 spiro atoms. The van der Waals surface area contributed by atoms with Crippen molar-refractivity contribution in [3.05, 3.63) is 0 Å². The summed E-state index contributed by atoms with van der Waals surface area (Å²) in [4.78, 5) is 14.0. The van der Waals surface area contributed by atoms with Crippen LogP contribution in [0.5, 0.6) is 0 Å². The first kappa shape index (κ1) is 6.26. The minimum Gasteiger partial charge on any atom is -0.442 e. The molecule has 0 fully saturated rings. The Labute approximate surface area is 53.7 Å². The highest BCUT2D eigenvalue weighted by Gasteiger charge is 2.16. The van der Waals surface area contributed by atoms with Crippen LogP contribution in [0.15, 0.2) is 4.99 Å². The molecule has 0 atom stereocenters. The third kappa shape index (κ3) is 1.28. The molecule has 0 aromatic carbocycles. The second-order valence-corrected chi connectivity index (χ2v) is 2.31. The van der Waals surface area contributed by atoms with Crippen LogP contribution in [-0.2, 0) is 4.74 Å². The summed E-state index contributed by atoms with van der Waals surface area (Å²) in [5.74, 6) is 0.330. The van der Waals surface area contributed by atoms with Crippen LogP contribution in [0.4, 0.5) is 4.79 Å². The molecule has 1 heterocycles. The summed E-state index contributed by atoms with van der Waals surface area (Å²) >= 11 is 0. The first-order valence-electron chi connectivity index (χ1n) is 2.94. The molecule has 0 aliphatic carbocycles. The number of carbonyl (C=O) groups is 1. The normalized spacial score (nSPS) is 18.1. The average molecular weight is 127 g/mol. The number of hydrogen-bond donors (Lipinski definition) is 0. The summed E-state index contributed by atoms with van der Waals surface area (Å²) in [5.41, 5.74) is 0.847. The van der Waals surface area contributed by atoms with Gasteiger partial charge in [-0.25, -0.2) is 4.79 Å². The summed E-state index contributed by atoms with van der Waals surface area (Å²) in [6.07, 6.45) is -0.446. The molecular weight excluding hydrogens is 118 g/mol. The van der Waals surface area contributed by atoms with Crippen LogP contribution in [0.3, 0.4) is 0 Å². The summed E-state index contributed by atoms with van der Waals surface area (Å²) in [7, 11) is 0. The summed E-state index contributed by atoms with van der Waals surface area (Å²) in [6.45, 7) is 4.36. The van der Waals surface area contributed by atoms with Gasteiger partial charge in [0.15, 0.2) is 0 Å². The maximum absolute atomic E-state index is 10.3. The average Bonchev–Trinajstić information content (AvgIpc) is 2.14. The van der Waals surface area contributed by atoms with Gasteiger partial charge in [0.25, 0.3) is 0 Å². The van der Waals surface area contributed by atoms with E-state index in [1.165, 1.54) is 0 Å². The Balaban J connectivity index is 2.62. The second kappa shape index (κ2) is 2.17. The molecule has 0 unspecified atom stereocenters. The fourth-order valence-corrected chi connectivity index (χ4v) is 0.613. The number of amides is 1. The Bertz CT molecular complexity index is 160. The minimum absolute atomic E-state index is 0.330. The molecule has 0 aromatic rings. The molecule has 9 heavy (non-hydrogen) atoms. The summed E-state index contributed by atoms with van der Waals surface area (Å²) < 4.78 is 4.58. The topological polar surface area (TPSA) is 38.7 Å². The number of ether oxygens (including phenoxy) is 1. The van der Waals surface area contributed by atoms with Gasteiger partial charge in [0.05, 0.1) is 5.71 Å². The van der Waals surface area contributed by atoms with Crippen LogP contribution in [0.1, 0.15) is 13.8 Å². The van der Waals surface area contributed by atoms with Crippen LogP contribution in [0.25, 0.3) is 0 Å². The van der Waals surface area contributed by atoms with Gasteiger partial charge in [0.2, 0.25) is 0 Å². The highest BCUT2D eigenvalue weighted by Crippen LogP contribution is 2.05. The molecule has 0 saturated carbocycles. The third-order valence-electron chi connectivity index (χ3n) is 1.24. The molecule has 1 rings (SSSR count). The van der Waals surface area contributed by atoms with Gasteiger partial charge in [0, 0.05) is 0 Å². The van der Waals surface area contributed by atoms with Crippen molar-refractivity contribution in [2.24, 2.45) is 10.9 Å². The molecule has 0 bridgehead atoms. The van der Waals surface area contributed by atoms with Crippen LogP contribution in [-0.4, -0.2) is 18.4 Å². The lowest BCUT2D eigenvalue weighted by molar-refractivity contribution is 0.180. The molecule has 3 nitrogen and oxygen atoms in total. The van der Waals surface area contributed by atoms with Gasteiger partial charge >= 0.3 is 6.09 Å². The smallest absolute Gasteiger partial charge is 0.434 e. The lowest BCUT2D eigenvalue weighted by Crippen LogP contribution is -2.08. The molecule has 0 aromatic heterocycles. The van der Waals surface area contributed by atoms with Gasteiger partial charge in [-0.1, -0.05) is 13.8 Å². The zero-order valence-electron chi connectivity index (χ0n) is 5.55. The largest absolute Gasteiger partial charge is 0.442 e. The van der Waals surface area contributed by atoms with E-state index in [-0.39, 0.29) is 0 Å². The third-order valence-corrected chi connectivity index (χ3v) is 1.24. The van der Waals surface area contributed by atoms with Gasteiger partial charge in [-0.2, -0.15) is 4.99 Å². The van der Waals surface area contributed by atoms with E-state index in [0.29, 0.717) is 12.5 Å². The Morgan fingerprint density at radius 1 is 1.67 bits per heavy atom. The van der Waals surface area contributed by atoms with E-state index in [1.54, 1.807) is 0 Å². The zero-order valence-corrected chi connectivity index (χ0v) is 5.55. The van der Waals surface area contributed by atoms with Gasteiger partial charge in [-0.3, -0.25) is 0 Å². The van der Waals surface area contributed by atoms with Crippen LogP contribution in [0.2, 0.25) is 0 Å². The Morgan fingerprint density at radius 2 is 2.33 bits per heavy atom. The minimum atomic E-state index is -0.446. The van der Waals surface area contributed by atoms with E-state index in [2.05, 4.69) is 9.73 Å². The molecule has 1 aliphatic heterocycles. The molecule has 0 saturated heterocycles. The van der Waals surface area contributed by atoms with E-state index >= 15 is 0 Å². The van der Waals surface area contributed by atoms with Crippen LogP contribution < -0.4 is 0 Å². The van der Waals surface area contributed by atoms with Crippen molar-refractivity contribution in [3.8, 4) is 0 Å². The van der Waals surface area contributed by atoms with E-state index in [4.69, 9.17) is 0 Å². The number of aliphatic imine (C=N–C) groups is 1. The van der Waals surface area contributed by atoms with Gasteiger partial charge in [-0.15, -0.1) is 0 Å². The van der Waals surface area contributed by atoms with Crippen LogP contribution in [0, 0.1) is 5.92 Å². The molecule has 1 amide bonds. The first-order valence-corrected chi connectivity index (χ1v) is 2.94. The van der Waals surface area contributed by atoms with Crippen LogP contribution >= 0.6 is 0 Å². The Kier molecular flexibility index (Phi) is 1.51. The number of rotatable bonds is 1. The molecule has 1 aliphatic rings. The maximum atomic E-state index is 10.3. The summed E-state index contributed by atoms with van der Waals surface area (Å²) in [5, 5.41) is 0. The van der Waals surface area contributed by atoms with E-state index in [9.17, 15) is 4.79 Å². The zero-order chi connectivity index (χ0) is 6.85. The van der Waals surface area contributed by atoms with Crippen molar-refractivity contribution < 1.29 is 9.53 Å². The first-order chi connectivity index (χ1) is 4.20. The Morgan fingerprint density at radius 3 is 2.56 bits per heavy atom. The highest BCUT2D eigenvalue weighted by molar-refractivity contribution is 5.99. The predicted octanol–water partition coefficient (Wildman–Crippen LogP) is 1.23. The number of nitrogens with zero attached hydrogens (tertiary/aromatic N) is 1. The molecule has 0 N–H and O–H groups in total. The van der Waals surface area contributed by atoms with E-state index < -0.39 is 6.09 Å². The highest BCUT2D eigenvalue weighted by atomic mass is 16.6. The van der Waals surface area contributed by atoms with Gasteiger partial charge in [-0.05, 0) is 5.92 Å². The van der Waals surface area contributed by atoms with Crippen molar-refractivity contribution in [3.63, 3.8) is 0 Å². The monoisotopic (exact) mass is 127 g/mol. The van der Waals surface area contributed by atoms with Crippen molar-refractivity contribution in [2.75, 3.05) is 6.61 Å². The lowest BCUT2D eigenvalue weighted by atomic mass is 10.1. The van der Waals surface area contributed by atoms with Crippen molar-refractivity contribution in [2.45, 2.75) is 13.8 Å². The summed E-state index contributed by atoms with van der Waals surface area (Å²) in [6, 6.07) is 0. The fraction of sp³-hybridized carbons (Fsp3) is 0.667. The van der Waals surface area contributed by atoms with Crippen molar-refractivity contribution in [1.82, 2.24) is 0 Å². The number of carbonyl (C=O) groups excluding carboxylic acids is 1.